The van der Waals surface area contributed by atoms with Gasteiger partial charge in [-0.05, 0) is 56.2 Å². The van der Waals surface area contributed by atoms with E-state index < -0.39 is 17.8 Å². The number of aryl methyl sites for hydroxylation is 1. The second-order valence-electron chi connectivity index (χ2n) is 8.70. The fraction of sp³-hybridized carbons (Fsp3) is 0.542. The molecule has 1 amide bonds. The van der Waals surface area contributed by atoms with Crippen LogP contribution < -0.4 is 10.2 Å². The maximum Gasteiger partial charge on any atom is 0.433 e. The molecule has 1 aliphatic heterocycles. The number of carbonyl (C=O) groups excluding carboxylic acids is 1. The van der Waals surface area contributed by atoms with E-state index in [0.717, 1.165) is 30.2 Å². The molecule has 2 N–H and O–H groups in total. The van der Waals surface area contributed by atoms with Gasteiger partial charge in [0, 0.05) is 43.7 Å². The predicted molar refractivity (Wildman–Crippen MR) is 120 cm³/mol. The summed E-state index contributed by atoms with van der Waals surface area (Å²) in [4.78, 5) is 22.9. The molecule has 9 heteroatoms. The van der Waals surface area contributed by atoms with Crippen molar-refractivity contribution in [3.05, 3.63) is 53.0 Å². The molecule has 180 valence electrons. The quantitative estimate of drug-likeness (QED) is 0.616. The third-order valence-electron chi connectivity index (χ3n) is 6.11. The molecule has 0 bridgehead atoms. The van der Waals surface area contributed by atoms with Crippen LogP contribution in [0.15, 0.2) is 30.5 Å². The topological polar surface area (TPSA) is 78.4 Å². The number of aromatic nitrogens is 2. The first kappa shape index (κ1) is 25.0. The van der Waals surface area contributed by atoms with Crippen molar-refractivity contribution in [2.75, 3.05) is 24.6 Å². The smallest absolute Gasteiger partial charge is 0.396 e. The van der Waals surface area contributed by atoms with E-state index in [4.69, 9.17) is 5.11 Å². The molecule has 0 aromatic carbocycles. The number of hydrogen-bond donors (Lipinski definition) is 2. The van der Waals surface area contributed by atoms with Crippen LogP contribution in [0.3, 0.4) is 0 Å². The highest BCUT2D eigenvalue weighted by Gasteiger charge is 2.34. The number of rotatable bonds is 8. The first-order chi connectivity index (χ1) is 15.7. The average Bonchev–Trinajstić information content (AvgIpc) is 2.81. The van der Waals surface area contributed by atoms with Gasteiger partial charge >= 0.3 is 6.18 Å². The van der Waals surface area contributed by atoms with Crippen LogP contribution in [0.1, 0.15) is 61.5 Å². The van der Waals surface area contributed by atoms with E-state index in [9.17, 15) is 18.0 Å². The van der Waals surface area contributed by atoms with Crippen molar-refractivity contribution in [3.8, 4) is 0 Å². The Morgan fingerprint density at radius 1 is 1.24 bits per heavy atom. The van der Waals surface area contributed by atoms with Gasteiger partial charge in [0.05, 0.1) is 5.92 Å². The summed E-state index contributed by atoms with van der Waals surface area (Å²) in [6.45, 7) is 5.37. The molecule has 3 heterocycles. The minimum atomic E-state index is -4.52. The lowest BCUT2D eigenvalue weighted by molar-refractivity contribution is -0.141. The molecule has 6 nitrogen and oxygen atoms in total. The van der Waals surface area contributed by atoms with Crippen molar-refractivity contribution in [1.29, 1.82) is 0 Å². The Hall–Kier alpha value is -2.68. The van der Waals surface area contributed by atoms with Crippen LogP contribution in [-0.4, -0.2) is 40.7 Å². The molecule has 0 aliphatic carbocycles. The maximum atomic E-state index is 13.3. The Morgan fingerprint density at radius 2 is 1.97 bits per heavy atom. The Labute approximate surface area is 192 Å². The molecule has 1 fully saturated rings. The highest BCUT2D eigenvalue weighted by molar-refractivity contribution is 5.83. The molecular weight excluding hydrogens is 433 g/mol. The number of nitrogens with one attached hydrogen (secondary N) is 1. The molecule has 1 unspecified atom stereocenters. The molecule has 0 spiro atoms. The number of carbonyl (C=O) groups is 1. The standard InChI is InChI=1S/C24H31F3N4O2/c1-16-9-11-31(12-10-16)22-19(6-8-21(30-22)24(25,26)27)15-29-23(33)17(2)18-5-7-20(28-14-18)4-3-13-32/h5-8,14,16-17,32H,3-4,9-13,15H2,1-2H3,(H,29,33). The van der Waals surface area contributed by atoms with Crippen molar-refractivity contribution in [2.24, 2.45) is 5.92 Å². The van der Waals surface area contributed by atoms with Crippen molar-refractivity contribution in [2.45, 2.75) is 58.2 Å². The molecule has 1 saturated heterocycles. The summed E-state index contributed by atoms with van der Waals surface area (Å²) in [5.74, 6) is 0.114. The van der Waals surface area contributed by atoms with Gasteiger partial charge in [-0.15, -0.1) is 0 Å². The third kappa shape index (κ3) is 6.66. The molecule has 33 heavy (non-hydrogen) atoms. The summed E-state index contributed by atoms with van der Waals surface area (Å²) in [6.07, 6.45) is 0.198. The predicted octanol–water partition coefficient (Wildman–Crippen LogP) is 4.08. The van der Waals surface area contributed by atoms with Crippen LogP contribution in [-0.2, 0) is 23.9 Å². The molecule has 1 aliphatic rings. The number of aliphatic hydroxyl groups excluding tert-OH is 1. The van der Waals surface area contributed by atoms with Crippen molar-refractivity contribution < 1.29 is 23.1 Å². The fourth-order valence-corrected chi connectivity index (χ4v) is 3.85. The molecule has 2 aromatic heterocycles. The molecular formula is C24H31F3N4O2. The number of amides is 1. The zero-order valence-electron chi connectivity index (χ0n) is 19.0. The van der Waals surface area contributed by atoms with Crippen molar-refractivity contribution in [1.82, 2.24) is 15.3 Å². The van der Waals surface area contributed by atoms with Crippen molar-refractivity contribution in [3.63, 3.8) is 0 Å². The van der Waals surface area contributed by atoms with E-state index in [1.54, 1.807) is 13.1 Å². The Bertz CT molecular complexity index is 926. The summed E-state index contributed by atoms with van der Waals surface area (Å²) < 4.78 is 39.8. The minimum absolute atomic E-state index is 0.0949. The number of aliphatic hydroxyl groups is 1. The van der Waals surface area contributed by atoms with Crippen LogP contribution in [0.4, 0.5) is 19.0 Å². The van der Waals surface area contributed by atoms with E-state index in [1.165, 1.54) is 6.07 Å². The number of pyridine rings is 2. The number of alkyl halides is 3. The van der Waals surface area contributed by atoms with Gasteiger partial charge in [-0.1, -0.05) is 19.1 Å². The first-order valence-corrected chi connectivity index (χ1v) is 11.3. The van der Waals surface area contributed by atoms with Gasteiger partial charge in [-0.25, -0.2) is 4.98 Å². The Kier molecular flexibility index (Phi) is 8.29. The number of halogens is 3. The number of hydrogen-bond acceptors (Lipinski definition) is 5. The molecule has 2 aromatic rings. The van der Waals surface area contributed by atoms with E-state index in [2.05, 4.69) is 22.2 Å². The summed E-state index contributed by atoms with van der Waals surface area (Å²) in [5, 5.41) is 11.8. The lowest BCUT2D eigenvalue weighted by Gasteiger charge is -2.33. The Morgan fingerprint density at radius 3 is 2.58 bits per heavy atom. The monoisotopic (exact) mass is 464 g/mol. The summed E-state index contributed by atoms with van der Waals surface area (Å²) in [6, 6.07) is 6.05. The van der Waals surface area contributed by atoms with Crippen molar-refractivity contribution >= 4 is 11.7 Å². The van der Waals surface area contributed by atoms with Gasteiger partial charge in [0.25, 0.3) is 0 Å². The van der Waals surface area contributed by atoms with Crippen LogP contribution in [0.2, 0.25) is 0 Å². The van der Waals surface area contributed by atoms with Gasteiger partial charge in [-0.2, -0.15) is 13.2 Å². The lowest BCUT2D eigenvalue weighted by atomic mass is 9.98. The van der Waals surface area contributed by atoms with E-state index >= 15 is 0 Å². The maximum absolute atomic E-state index is 13.3. The average molecular weight is 465 g/mol. The number of nitrogens with zero attached hydrogens (tertiary/aromatic N) is 3. The van der Waals surface area contributed by atoms with Gasteiger partial charge < -0.3 is 15.3 Å². The highest BCUT2D eigenvalue weighted by Crippen LogP contribution is 2.32. The van der Waals surface area contributed by atoms with Crippen LogP contribution >= 0.6 is 0 Å². The molecule has 1 atom stereocenters. The molecule has 3 rings (SSSR count). The second-order valence-corrected chi connectivity index (χ2v) is 8.70. The van der Waals surface area contributed by atoms with E-state index in [1.807, 2.05) is 17.0 Å². The first-order valence-electron chi connectivity index (χ1n) is 11.3. The molecule has 0 saturated carbocycles. The summed E-state index contributed by atoms with van der Waals surface area (Å²) in [7, 11) is 0. The Balaban J connectivity index is 1.70. The zero-order chi connectivity index (χ0) is 24.0. The van der Waals surface area contributed by atoms with Crippen LogP contribution in [0, 0.1) is 5.92 Å². The largest absolute Gasteiger partial charge is 0.433 e. The van der Waals surface area contributed by atoms with E-state index in [-0.39, 0.29) is 19.1 Å². The van der Waals surface area contributed by atoms with Gasteiger partial charge in [-0.3, -0.25) is 9.78 Å². The zero-order valence-corrected chi connectivity index (χ0v) is 19.0. The number of piperidine rings is 1. The van der Waals surface area contributed by atoms with Gasteiger partial charge in [0.15, 0.2) is 0 Å². The number of anilines is 1. The normalized spacial score (nSPS) is 16.0. The van der Waals surface area contributed by atoms with Gasteiger partial charge in [0.1, 0.15) is 11.5 Å². The highest BCUT2D eigenvalue weighted by atomic mass is 19.4. The molecule has 0 radical (unpaired) electrons. The third-order valence-corrected chi connectivity index (χ3v) is 6.11. The lowest BCUT2D eigenvalue weighted by Crippen LogP contribution is -2.35. The van der Waals surface area contributed by atoms with Crippen LogP contribution in [0.25, 0.3) is 0 Å². The SMILES string of the molecule is CC1CCN(c2nc(C(F)(F)F)ccc2CNC(=O)C(C)c2ccc(CCCO)nc2)CC1. The van der Waals surface area contributed by atoms with Crippen LogP contribution in [0.5, 0.6) is 0 Å². The van der Waals surface area contributed by atoms with Gasteiger partial charge in [0.2, 0.25) is 5.91 Å². The minimum Gasteiger partial charge on any atom is -0.396 e. The second kappa shape index (κ2) is 11.0. The fourth-order valence-electron chi connectivity index (χ4n) is 3.85. The summed E-state index contributed by atoms with van der Waals surface area (Å²) in [5.41, 5.74) is 1.23. The summed E-state index contributed by atoms with van der Waals surface area (Å²) >= 11 is 0. The van der Waals surface area contributed by atoms with E-state index in [0.29, 0.717) is 43.2 Å².